The molecule has 0 saturated carbocycles. The second-order valence-corrected chi connectivity index (χ2v) is 4.68. The molecule has 0 spiro atoms. The van der Waals surface area contributed by atoms with Crippen molar-refractivity contribution in [2.45, 2.75) is 26.2 Å². The summed E-state index contributed by atoms with van der Waals surface area (Å²) in [7, 11) is 0. The number of H-pyrrole nitrogens is 1. The number of hydrogen-bond donors (Lipinski definition) is 1. The molecule has 0 aliphatic rings. The number of carbonyl (C=O) groups is 1. The van der Waals surface area contributed by atoms with E-state index in [0.717, 1.165) is 24.6 Å². The number of rotatable bonds is 6. The molecule has 98 valence electrons. The predicted octanol–water partition coefficient (Wildman–Crippen LogP) is 1.99. The summed E-state index contributed by atoms with van der Waals surface area (Å²) in [6, 6.07) is 3.09. The quantitative estimate of drug-likeness (QED) is 0.632. The first kappa shape index (κ1) is 15.0. The zero-order valence-electron chi connectivity index (χ0n) is 10.5. The molecule has 0 bridgehead atoms. The number of thioether (sulfide) groups is 1. The third-order valence-electron chi connectivity index (χ3n) is 2.59. The van der Waals surface area contributed by atoms with Crippen molar-refractivity contribution in [1.29, 1.82) is 10.5 Å². The van der Waals surface area contributed by atoms with Crippen LogP contribution in [-0.2, 0) is 6.42 Å². The highest BCUT2D eigenvalue weighted by Gasteiger charge is 2.15. The second kappa shape index (κ2) is 7.40. The van der Waals surface area contributed by atoms with E-state index in [-0.39, 0.29) is 17.1 Å². The summed E-state index contributed by atoms with van der Waals surface area (Å²) in [4.78, 5) is 26.1. The molecule has 5 nitrogen and oxygen atoms in total. The van der Waals surface area contributed by atoms with Crippen LogP contribution in [0.15, 0.2) is 10.9 Å². The van der Waals surface area contributed by atoms with Gasteiger partial charge in [-0.15, -0.1) is 0 Å². The summed E-state index contributed by atoms with van der Waals surface area (Å²) in [5, 5.41) is 19.1. The highest BCUT2D eigenvalue weighted by atomic mass is 32.2. The molecule has 0 fully saturated rings. The second-order valence-electron chi connectivity index (χ2n) is 3.92. The summed E-state index contributed by atoms with van der Waals surface area (Å²) in [6.45, 7) is 2.01. The lowest BCUT2D eigenvalue weighted by Gasteiger charge is -2.07. The summed E-state index contributed by atoms with van der Waals surface area (Å²) in [6.07, 6.45) is 2.35. The van der Waals surface area contributed by atoms with Crippen LogP contribution in [0.5, 0.6) is 0 Å². The molecule has 19 heavy (non-hydrogen) atoms. The SMILES string of the molecule is CCCCc1[nH]c(=O)c(C#N)cc1C(=O)CSC#N. The molecule has 6 heteroatoms. The van der Waals surface area contributed by atoms with Crippen LogP contribution in [0.1, 0.15) is 41.4 Å². The molecule has 0 unspecified atom stereocenters. The van der Waals surface area contributed by atoms with E-state index < -0.39 is 5.56 Å². The number of aromatic nitrogens is 1. The minimum absolute atomic E-state index is 0.0204. The Kier molecular flexibility index (Phi) is 5.84. The van der Waals surface area contributed by atoms with Crippen LogP contribution in [0, 0.1) is 22.0 Å². The van der Waals surface area contributed by atoms with Gasteiger partial charge in [-0.1, -0.05) is 13.3 Å². The number of nitrogens with zero attached hydrogens (tertiary/aromatic N) is 2. The maximum Gasteiger partial charge on any atom is 0.266 e. The third kappa shape index (κ3) is 3.97. The van der Waals surface area contributed by atoms with Crippen molar-refractivity contribution in [3.05, 3.63) is 33.2 Å². The largest absolute Gasteiger partial charge is 0.324 e. The molecule has 0 radical (unpaired) electrons. The van der Waals surface area contributed by atoms with Crippen molar-refractivity contribution < 1.29 is 4.79 Å². The molecular weight excluding hydrogens is 262 g/mol. The molecule has 0 aliphatic carbocycles. The monoisotopic (exact) mass is 275 g/mol. The molecule has 1 aromatic heterocycles. The molecule has 0 aliphatic heterocycles. The van der Waals surface area contributed by atoms with Gasteiger partial charge < -0.3 is 4.98 Å². The van der Waals surface area contributed by atoms with Crippen molar-refractivity contribution in [1.82, 2.24) is 4.98 Å². The van der Waals surface area contributed by atoms with Gasteiger partial charge >= 0.3 is 0 Å². The average Bonchev–Trinajstić information content (AvgIpc) is 2.42. The number of aromatic amines is 1. The van der Waals surface area contributed by atoms with Crippen LogP contribution in [0.4, 0.5) is 0 Å². The molecule has 0 atom stereocenters. The summed E-state index contributed by atoms with van der Waals surface area (Å²) < 4.78 is 0. The van der Waals surface area contributed by atoms with Gasteiger partial charge in [-0.25, -0.2) is 0 Å². The molecule has 1 aromatic rings. The van der Waals surface area contributed by atoms with E-state index >= 15 is 0 Å². The highest BCUT2D eigenvalue weighted by molar-refractivity contribution is 8.04. The van der Waals surface area contributed by atoms with Crippen LogP contribution in [0.3, 0.4) is 0 Å². The lowest BCUT2D eigenvalue weighted by Crippen LogP contribution is -2.18. The zero-order valence-corrected chi connectivity index (χ0v) is 11.3. The lowest BCUT2D eigenvalue weighted by atomic mass is 10.0. The molecule has 1 rings (SSSR count). The van der Waals surface area contributed by atoms with E-state index in [1.807, 2.05) is 12.3 Å². The van der Waals surface area contributed by atoms with Crippen molar-refractivity contribution in [2.75, 3.05) is 5.75 Å². The van der Waals surface area contributed by atoms with Crippen LogP contribution in [0.25, 0.3) is 0 Å². The van der Waals surface area contributed by atoms with E-state index in [1.54, 1.807) is 6.07 Å². The smallest absolute Gasteiger partial charge is 0.266 e. The summed E-state index contributed by atoms with van der Waals surface area (Å²) in [5.74, 6) is -0.225. The van der Waals surface area contributed by atoms with Crippen molar-refractivity contribution in [3.63, 3.8) is 0 Å². The molecule has 0 aromatic carbocycles. The predicted molar refractivity (Wildman–Crippen MR) is 72.8 cm³/mol. The Morgan fingerprint density at radius 3 is 2.79 bits per heavy atom. The van der Waals surface area contributed by atoms with Gasteiger partial charge in [0.15, 0.2) is 5.78 Å². The normalized spacial score (nSPS) is 9.63. The van der Waals surface area contributed by atoms with Crippen molar-refractivity contribution in [2.24, 2.45) is 0 Å². The molecule has 1 heterocycles. The van der Waals surface area contributed by atoms with E-state index in [1.165, 1.54) is 6.07 Å². The minimum atomic E-state index is -0.474. The van der Waals surface area contributed by atoms with Crippen molar-refractivity contribution in [3.8, 4) is 11.5 Å². The van der Waals surface area contributed by atoms with Crippen LogP contribution < -0.4 is 5.56 Å². The number of thiocyanates is 1. The first-order chi connectivity index (χ1) is 9.13. The fourth-order valence-corrected chi connectivity index (χ4v) is 1.98. The number of nitriles is 2. The van der Waals surface area contributed by atoms with Gasteiger partial charge in [0.2, 0.25) is 0 Å². The molecular formula is C13H13N3O2S. The number of carbonyl (C=O) groups excluding carboxylic acids is 1. The van der Waals surface area contributed by atoms with Crippen molar-refractivity contribution >= 4 is 17.5 Å². The highest BCUT2D eigenvalue weighted by Crippen LogP contribution is 2.13. The Bertz CT molecular complexity index is 608. The average molecular weight is 275 g/mol. The first-order valence-electron chi connectivity index (χ1n) is 5.84. The van der Waals surface area contributed by atoms with E-state index in [9.17, 15) is 9.59 Å². The number of aryl methyl sites for hydroxylation is 1. The molecule has 1 N–H and O–H groups in total. The minimum Gasteiger partial charge on any atom is -0.324 e. The summed E-state index contributed by atoms with van der Waals surface area (Å²) in [5.41, 5.74) is 0.338. The summed E-state index contributed by atoms with van der Waals surface area (Å²) >= 11 is 0.842. The maximum absolute atomic E-state index is 12.0. The van der Waals surface area contributed by atoms with E-state index in [4.69, 9.17) is 10.5 Å². The Morgan fingerprint density at radius 2 is 2.21 bits per heavy atom. The van der Waals surface area contributed by atoms with Gasteiger partial charge in [-0.05, 0) is 30.7 Å². The van der Waals surface area contributed by atoms with Crippen LogP contribution in [0.2, 0.25) is 0 Å². The first-order valence-corrected chi connectivity index (χ1v) is 6.83. The fraction of sp³-hybridized carbons (Fsp3) is 0.385. The maximum atomic E-state index is 12.0. The van der Waals surface area contributed by atoms with Crippen LogP contribution in [-0.4, -0.2) is 16.5 Å². The van der Waals surface area contributed by atoms with Crippen LogP contribution >= 0.6 is 11.8 Å². The zero-order chi connectivity index (χ0) is 14.3. The topological polar surface area (TPSA) is 97.5 Å². The molecule has 0 amide bonds. The number of nitrogens with one attached hydrogen (secondary N) is 1. The number of Topliss-reactive ketones (excluding diaryl/α,β-unsaturated/α-hetero) is 1. The Labute approximate surface area is 115 Å². The number of ketones is 1. The standard InChI is InChI=1S/C13H13N3O2S/c1-2-3-4-11-10(12(17)7-19-8-15)5-9(6-14)13(18)16-11/h5H,2-4,7H2,1H3,(H,16,18). The Hall–Kier alpha value is -2.05. The number of hydrogen-bond acceptors (Lipinski definition) is 5. The number of unbranched alkanes of at least 4 members (excludes halogenated alkanes) is 1. The van der Waals surface area contributed by atoms with E-state index in [0.29, 0.717) is 17.7 Å². The van der Waals surface area contributed by atoms with E-state index in [2.05, 4.69) is 4.98 Å². The Balaban J connectivity index is 3.18. The van der Waals surface area contributed by atoms with Gasteiger partial charge in [-0.3, -0.25) is 9.59 Å². The lowest BCUT2D eigenvalue weighted by molar-refractivity contribution is 0.102. The fourth-order valence-electron chi connectivity index (χ4n) is 1.63. The van der Waals surface area contributed by atoms with Gasteiger partial charge in [-0.2, -0.15) is 10.5 Å². The third-order valence-corrected chi connectivity index (χ3v) is 3.13. The van der Waals surface area contributed by atoms with Gasteiger partial charge in [0, 0.05) is 11.3 Å². The van der Waals surface area contributed by atoms with Gasteiger partial charge in [0.25, 0.3) is 5.56 Å². The van der Waals surface area contributed by atoms with Gasteiger partial charge in [0.05, 0.1) is 5.75 Å². The number of pyridine rings is 1. The molecule has 0 saturated heterocycles. The van der Waals surface area contributed by atoms with Gasteiger partial charge in [0.1, 0.15) is 17.0 Å². The Morgan fingerprint density at radius 1 is 1.47 bits per heavy atom.